The molecule has 0 aliphatic heterocycles. The molecule has 0 heterocycles. The van der Waals surface area contributed by atoms with E-state index < -0.39 is 12.1 Å². The molecule has 462 valence electrons. The molecular formula is C75H126O6. The first-order valence-corrected chi connectivity index (χ1v) is 34.0. The number of allylic oxidation sites excluding steroid dienone is 19. The van der Waals surface area contributed by atoms with Crippen LogP contribution in [0.25, 0.3) is 0 Å². The zero-order chi connectivity index (χ0) is 58.5. The number of carbonyl (C=O) groups is 3. The second kappa shape index (κ2) is 68.3. The van der Waals surface area contributed by atoms with Gasteiger partial charge in [-0.2, -0.15) is 0 Å². The van der Waals surface area contributed by atoms with E-state index in [1.165, 1.54) is 167 Å². The fourth-order valence-corrected chi connectivity index (χ4v) is 9.45. The van der Waals surface area contributed by atoms with Gasteiger partial charge in [0, 0.05) is 12.8 Å². The summed E-state index contributed by atoms with van der Waals surface area (Å²) in [5, 5.41) is 0. The van der Waals surface area contributed by atoms with Gasteiger partial charge in [-0.25, -0.2) is 0 Å². The highest BCUT2D eigenvalue weighted by Gasteiger charge is 2.19. The summed E-state index contributed by atoms with van der Waals surface area (Å²) in [6.45, 7) is 6.34. The molecule has 1 unspecified atom stereocenters. The molecule has 0 amide bonds. The summed E-state index contributed by atoms with van der Waals surface area (Å²) in [4.78, 5) is 38.2. The zero-order valence-electron chi connectivity index (χ0n) is 53.0. The Morgan fingerprint density at radius 1 is 0.272 bits per heavy atom. The minimum absolute atomic E-state index is 0.0944. The average molecular weight is 1120 g/mol. The van der Waals surface area contributed by atoms with E-state index in [2.05, 4.69) is 130 Å². The maximum Gasteiger partial charge on any atom is 0.310 e. The van der Waals surface area contributed by atoms with Gasteiger partial charge in [0.2, 0.25) is 0 Å². The summed E-state index contributed by atoms with van der Waals surface area (Å²) in [7, 11) is 0. The van der Waals surface area contributed by atoms with Crippen molar-refractivity contribution in [3.05, 3.63) is 122 Å². The fraction of sp³-hybridized carbons (Fsp3) is 0.693. The minimum Gasteiger partial charge on any atom is -0.462 e. The topological polar surface area (TPSA) is 78.9 Å². The van der Waals surface area contributed by atoms with Crippen molar-refractivity contribution in [2.45, 2.75) is 322 Å². The zero-order valence-corrected chi connectivity index (χ0v) is 53.0. The molecular weight excluding hydrogens is 997 g/mol. The van der Waals surface area contributed by atoms with Crippen molar-refractivity contribution in [1.82, 2.24) is 0 Å². The van der Waals surface area contributed by atoms with Crippen LogP contribution in [-0.2, 0) is 28.6 Å². The van der Waals surface area contributed by atoms with Crippen molar-refractivity contribution in [2.24, 2.45) is 0 Å². The molecule has 6 heteroatoms. The van der Waals surface area contributed by atoms with Crippen LogP contribution >= 0.6 is 0 Å². The molecule has 0 radical (unpaired) electrons. The molecule has 0 aromatic heterocycles. The van der Waals surface area contributed by atoms with E-state index in [-0.39, 0.29) is 31.6 Å². The van der Waals surface area contributed by atoms with Gasteiger partial charge in [-0.1, -0.05) is 309 Å². The largest absolute Gasteiger partial charge is 0.462 e. The van der Waals surface area contributed by atoms with E-state index in [4.69, 9.17) is 14.2 Å². The van der Waals surface area contributed by atoms with Crippen molar-refractivity contribution < 1.29 is 28.6 Å². The number of hydrogen-bond donors (Lipinski definition) is 0. The van der Waals surface area contributed by atoms with Crippen LogP contribution in [0.1, 0.15) is 316 Å². The first-order valence-electron chi connectivity index (χ1n) is 34.0. The lowest BCUT2D eigenvalue weighted by Gasteiger charge is -2.18. The summed E-state index contributed by atoms with van der Waals surface area (Å²) < 4.78 is 16.8. The van der Waals surface area contributed by atoms with Crippen LogP contribution in [-0.4, -0.2) is 37.2 Å². The third kappa shape index (κ3) is 66.5. The lowest BCUT2D eigenvalue weighted by Crippen LogP contribution is -2.30. The van der Waals surface area contributed by atoms with Crippen LogP contribution in [0, 0.1) is 0 Å². The first-order chi connectivity index (χ1) is 40.0. The van der Waals surface area contributed by atoms with Crippen molar-refractivity contribution in [3.8, 4) is 0 Å². The van der Waals surface area contributed by atoms with Crippen LogP contribution in [0.15, 0.2) is 122 Å². The average Bonchev–Trinajstić information content (AvgIpc) is 3.47. The Bertz CT molecular complexity index is 1670. The molecule has 0 aliphatic carbocycles. The Balaban J connectivity index is 4.22. The third-order valence-corrected chi connectivity index (χ3v) is 14.5. The van der Waals surface area contributed by atoms with Crippen LogP contribution in [0.3, 0.4) is 0 Å². The van der Waals surface area contributed by atoms with E-state index in [0.29, 0.717) is 12.8 Å². The molecule has 0 aromatic carbocycles. The fourth-order valence-electron chi connectivity index (χ4n) is 9.45. The summed E-state index contributed by atoms with van der Waals surface area (Å²) in [6, 6.07) is 0. The van der Waals surface area contributed by atoms with Gasteiger partial charge in [-0.15, -0.1) is 0 Å². The Hall–Kier alpha value is -4.19. The number of ether oxygens (including phenoxy) is 3. The maximum absolute atomic E-state index is 12.8. The quantitative estimate of drug-likeness (QED) is 0.0261. The molecule has 0 N–H and O–H groups in total. The predicted molar refractivity (Wildman–Crippen MR) is 353 cm³/mol. The minimum atomic E-state index is -0.837. The van der Waals surface area contributed by atoms with Crippen LogP contribution in [0.4, 0.5) is 0 Å². The maximum atomic E-state index is 12.8. The summed E-state index contributed by atoms with van der Waals surface area (Å²) in [5.41, 5.74) is 0. The molecule has 0 bridgehead atoms. The van der Waals surface area contributed by atoms with Gasteiger partial charge in [0.15, 0.2) is 6.10 Å². The molecule has 0 spiro atoms. The SMILES string of the molecule is CC/C=C\C/C=C\C/C=C\C/C=C\C/C=C\CC(=O)OC(COC(=O)CCCCCCC/C=C\CCCCCCCC)COC(=O)CCCCCCCCCCCCCCCCCCCCCC/C=C\C/C=C\C/C=C\C/C=C\CC. The van der Waals surface area contributed by atoms with Gasteiger partial charge < -0.3 is 14.2 Å². The number of carbonyl (C=O) groups excluding carboxylic acids is 3. The molecule has 1 atom stereocenters. The summed E-state index contributed by atoms with van der Waals surface area (Å²) in [5.74, 6) is -1.05. The second-order valence-corrected chi connectivity index (χ2v) is 22.3. The van der Waals surface area contributed by atoms with Crippen molar-refractivity contribution in [3.63, 3.8) is 0 Å². The summed E-state index contributed by atoms with van der Waals surface area (Å²) >= 11 is 0. The van der Waals surface area contributed by atoms with E-state index in [1.54, 1.807) is 6.08 Å². The van der Waals surface area contributed by atoms with Crippen molar-refractivity contribution in [1.29, 1.82) is 0 Å². The molecule has 0 saturated carbocycles. The molecule has 0 saturated heterocycles. The second-order valence-electron chi connectivity index (χ2n) is 22.3. The Morgan fingerprint density at radius 2 is 0.519 bits per heavy atom. The lowest BCUT2D eigenvalue weighted by atomic mass is 10.0. The third-order valence-electron chi connectivity index (χ3n) is 14.5. The predicted octanol–water partition coefficient (Wildman–Crippen LogP) is 23.6. The van der Waals surface area contributed by atoms with E-state index >= 15 is 0 Å². The monoisotopic (exact) mass is 1120 g/mol. The standard InChI is InChI=1S/C75H126O6/c1-4-7-10-13-16-19-22-25-28-29-30-31-32-33-34-35-36-37-38-39-40-41-42-43-44-45-48-50-53-56-59-62-65-68-74(77)80-71-72(81-75(78)69-66-63-60-57-54-51-47-27-24-21-18-15-12-9-6-3)70-79-73(76)67-64-61-58-55-52-49-46-26-23-20-17-14-11-8-5-2/h7,9-10,12,16,18-19,21,25-28,30-31,46-47,54,57,63,66,72H,4-6,8,11,13-15,17,20,22-24,29,32-45,48-53,55-56,58-62,64-65,67-71H2,1-3H3/b10-7-,12-9-,19-16-,21-18-,28-25-,31-30-,46-26-,47-27-,57-54-,66-63-. The van der Waals surface area contributed by atoms with Crippen LogP contribution in [0.5, 0.6) is 0 Å². The number of hydrogen-bond acceptors (Lipinski definition) is 6. The molecule has 0 rings (SSSR count). The van der Waals surface area contributed by atoms with Gasteiger partial charge in [0.1, 0.15) is 13.2 Å². The van der Waals surface area contributed by atoms with Gasteiger partial charge in [0.05, 0.1) is 6.42 Å². The normalized spacial score (nSPS) is 12.9. The molecule has 81 heavy (non-hydrogen) atoms. The van der Waals surface area contributed by atoms with Gasteiger partial charge >= 0.3 is 17.9 Å². The van der Waals surface area contributed by atoms with E-state index in [0.717, 1.165) is 109 Å². The van der Waals surface area contributed by atoms with Gasteiger partial charge in [0.25, 0.3) is 0 Å². The Morgan fingerprint density at radius 3 is 0.827 bits per heavy atom. The number of esters is 3. The highest BCUT2D eigenvalue weighted by Crippen LogP contribution is 2.17. The molecule has 0 aliphatic rings. The number of unbranched alkanes of at least 4 members (excludes halogenated alkanes) is 31. The lowest BCUT2D eigenvalue weighted by molar-refractivity contribution is -0.166. The highest BCUT2D eigenvalue weighted by atomic mass is 16.6. The Kier molecular flexibility index (Phi) is 64.8. The molecule has 0 fully saturated rings. The van der Waals surface area contributed by atoms with Crippen LogP contribution < -0.4 is 0 Å². The van der Waals surface area contributed by atoms with Crippen molar-refractivity contribution in [2.75, 3.05) is 13.2 Å². The number of rotatable bonds is 61. The molecule has 0 aromatic rings. The van der Waals surface area contributed by atoms with Crippen LogP contribution in [0.2, 0.25) is 0 Å². The van der Waals surface area contributed by atoms with Crippen molar-refractivity contribution >= 4 is 17.9 Å². The van der Waals surface area contributed by atoms with Gasteiger partial charge in [-0.05, 0) is 109 Å². The summed E-state index contributed by atoms with van der Waals surface area (Å²) in [6.07, 6.45) is 95.5. The van der Waals surface area contributed by atoms with E-state index in [9.17, 15) is 14.4 Å². The smallest absolute Gasteiger partial charge is 0.310 e. The van der Waals surface area contributed by atoms with Gasteiger partial charge in [-0.3, -0.25) is 14.4 Å². The van der Waals surface area contributed by atoms with E-state index in [1.807, 2.05) is 6.08 Å². The first kappa shape index (κ1) is 76.8. The molecule has 6 nitrogen and oxygen atoms in total. The Labute approximate surface area is 501 Å². The highest BCUT2D eigenvalue weighted by molar-refractivity contribution is 5.72.